The van der Waals surface area contributed by atoms with Gasteiger partial charge in [-0.15, -0.1) is 0 Å². The second-order valence-electron chi connectivity index (χ2n) is 5.79. The van der Waals surface area contributed by atoms with Crippen molar-refractivity contribution in [3.63, 3.8) is 0 Å². The van der Waals surface area contributed by atoms with Crippen LogP contribution in [0.25, 0.3) is 0 Å². The Morgan fingerprint density at radius 2 is 2.16 bits per heavy atom. The molecule has 1 aliphatic heterocycles. The highest BCUT2D eigenvalue weighted by atomic mass is 16.2. The van der Waals surface area contributed by atoms with Gasteiger partial charge in [0, 0.05) is 12.6 Å². The van der Waals surface area contributed by atoms with E-state index >= 15 is 0 Å². The quantitative estimate of drug-likeness (QED) is 0.738. The number of carbonyl (C=O) groups is 1. The van der Waals surface area contributed by atoms with Gasteiger partial charge < -0.3 is 10.6 Å². The van der Waals surface area contributed by atoms with Crippen molar-refractivity contribution in [2.24, 2.45) is 5.92 Å². The molecule has 19 heavy (non-hydrogen) atoms. The van der Waals surface area contributed by atoms with E-state index in [1.54, 1.807) is 0 Å². The fraction of sp³-hybridized carbons (Fsp3) is 0.933. The van der Waals surface area contributed by atoms with Crippen molar-refractivity contribution in [2.45, 2.75) is 59.0 Å². The van der Waals surface area contributed by atoms with E-state index in [9.17, 15) is 4.79 Å². The molecule has 1 aliphatic rings. The molecule has 4 nitrogen and oxygen atoms in total. The summed E-state index contributed by atoms with van der Waals surface area (Å²) in [6, 6.07) is 0.242. The minimum absolute atomic E-state index is 0.0269. The topological polar surface area (TPSA) is 44.4 Å². The molecule has 1 amide bonds. The second-order valence-corrected chi connectivity index (χ2v) is 5.79. The molecule has 2 N–H and O–H groups in total. The number of piperidine rings is 1. The second kappa shape index (κ2) is 8.54. The highest BCUT2D eigenvalue weighted by molar-refractivity contribution is 5.81. The minimum Gasteiger partial charge on any atom is -0.352 e. The van der Waals surface area contributed by atoms with Crippen molar-refractivity contribution in [3.8, 4) is 0 Å². The lowest BCUT2D eigenvalue weighted by molar-refractivity contribution is -0.126. The van der Waals surface area contributed by atoms with Crippen LogP contribution in [0.4, 0.5) is 0 Å². The number of carbonyl (C=O) groups excluding carboxylic acids is 1. The summed E-state index contributed by atoms with van der Waals surface area (Å²) in [6.07, 6.45) is 3.52. The largest absolute Gasteiger partial charge is 0.352 e. The Labute approximate surface area is 118 Å². The molecule has 1 saturated heterocycles. The number of likely N-dealkylation sites (N-methyl/N-ethyl adjacent to an activating group) is 1. The zero-order valence-corrected chi connectivity index (χ0v) is 13.0. The first-order valence-electron chi connectivity index (χ1n) is 7.83. The van der Waals surface area contributed by atoms with Gasteiger partial charge in [0.05, 0.1) is 6.04 Å². The molecule has 0 bridgehead atoms. The lowest BCUT2D eigenvalue weighted by atomic mass is 9.98. The van der Waals surface area contributed by atoms with E-state index < -0.39 is 0 Å². The predicted octanol–water partition coefficient (Wildman–Crippen LogP) is 1.61. The van der Waals surface area contributed by atoms with Crippen LogP contribution in [-0.2, 0) is 4.79 Å². The maximum absolute atomic E-state index is 12.2. The van der Waals surface area contributed by atoms with Crippen molar-refractivity contribution in [1.29, 1.82) is 0 Å². The molecule has 0 aromatic rings. The van der Waals surface area contributed by atoms with Gasteiger partial charge in [0.1, 0.15) is 0 Å². The van der Waals surface area contributed by atoms with Crippen molar-refractivity contribution in [1.82, 2.24) is 15.5 Å². The average molecular weight is 269 g/mol. The normalized spacial score (nSPS) is 23.1. The molecule has 1 fully saturated rings. The molecule has 0 aromatic carbocycles. The number of amides is 1. The molecule has 0 radical (unpaired) electrons. The molecule has 0 aromatic heterocycles. The van der Waals surface area contributed by atoms with Gasteiger partial charge in [0.25, 0.3) is 0 Å². The molecule has 3 atom stereocenters. The van der Waals surface area contributed by atoms with E-state index in [1.807, 2.05) is 6.92 Å². The van der Waals surface area contributed by atoms with Crippen LogP contribution in [0.3, 0.4) is 0 Å². The smallest absolute Gasteiger partial charge is 0.237 e. The molecule has 1 heterocycles. The number of hydrogen-bond donors (Lipinski definition) is 2. The first kappa shape index (κ1) is 16.4. The fourth-order valence-corrected chi connectivity index (χ4v) is 2.60. The highest BCUT2D eigenvalue weighted by Gasteiger charge is 2.24. The summed E-state index contributed by atoms with van der Waals surface area (Å²) in [4.78, 5) is 14.5. The minimum atomic E-state index is -0.0269. The van der Waals surface area contributed by atoms with Crippen LogP contribution in [0.5, 0.6) is 0 Å². The monoisotopic (exact) mass is 269 g/mol. The van der Waals surface area contributed by atoms with Gasteiger partial charge in [0.15, 0.2) is 0 Å². The van der Waals surface area contributed by atoms with E-state index in [2.05, 4.69) is 36.3 Å². The summed E-state index contributed by atoms with van der Waals surface area (Å²) in [5.74, 6) is 0.854. The standard InChI is InChI=1S/C15H31N3O/c1-5-12(3)17-15(19)13(4)18(6-2)11-14-8-7-9-16-10-14/h12-14,16H,5-11H2,1-4H3,(H,17,19). The number of nitrogens with one attached hydrogen (secondary N) is 2. The molecule has 0 spiro atoms. The average Bonchev–Trinajstić information content (AvgIpc) is 2.44. The van der Waals surface area contributed by atoms with Crippen LogP contribution in [-0.4, -0.2) is 49.1 Å². The third kappa shape index (κ3) is 5.49. The number of nitrogens with zero attached hydrogens (tertiary/aromatic N) is 1. The Balaban J connectivity index is 2.45. The SMILES string of the molecule is CCC(C)NC(=O)C(C)N(CC)CC1CCCNC1. The Kier molecular flexibility index (Phi) is 7.39. The van der Waals surface area contributed by atoms with Gasteiger partial charge in [-0.2, -0.15) is 0 Å². The molecule has 4 heteroatoms. The Bertz CT molecular complexity index is 264. The predicted molar refractivity (Wildman–Crippen MR) is 80.2 cm³/mol. The summed E-state index contributed by atoms with van der Waals surface area (Å²) in [6.45, 7) is 12.5. The zero-order valence-electron chi connectivity index (χ0n) is 13.0. The van der Waals surface area contributed by atoms with E-state index in [-0.39, 0.29) is 18.0 Å². The van der Waals surface area contributed by atoms with Gasteiger partial charge in [0.2, 0.25) is 5.91 Å². The van der Waals surface area contributed by atoms with Crippen molar-refractivity contribution in [2.75, 3.05) is 26.2 Å². The maximum Gasteiger partial charge on any atom is 0.237 e. The number of rotatable bonds is 7. The van der Waals surface area contributed by atoms with E-state index in [4.69, 9.17) is 0 Å². The van der Waals surface area contributed by atoms with Gasteiger partial charge in [-0.3, -0.25) is 9.69 Å². The fourth-order valence-electron chi connectivity index (χ4n) is 2.60. The van der Waals surface area contributed by atoms with Crippen LogP contribution in [0.1, 0.15) is 47.0 Å². The van der Waals surface area contributed by atoms with E-state index in [0.29, 0.717) is 5.92 Å². The lowest BCUT2D eigenvalue weighted by Crippen LogP contribution is -2.50. The molecular formula is C15H31N3O. The molecule has 0 aliphatic carbocycles. The highest BCUT2D eigenvalue weighted by Crippen LogP contribution is 2.13. The van der Waals surface area contributed by atoms with Crippen molar-refractivity contribution < 1.29 is 4.79 Å². The maximum atomic E-state index is 12.2. The van der Waals surface area contributed by atoms with Crippen LogP contribution in [0.2, 0.25) is 0 Å². The molecule has 112 valence electrons. The van der Waals surface area contributed by atoms with Crippen LogP contribution in [0.15, 0.2) is 0 Å². The summed E-state index contributed by atoms with van der Waals surface area (Å²) in [5, 5.41) is 6.53. The lowest BCUT2D eigenvalue weighted by Gasteiger charge is -2.33. The van der Waals surface area contributed by atoms with Crippen LogP contribution < -0.4 is 10.6 Å². The van der Waals surface area contributed by atoms with Gasteiger partial charge in [-0.05, 0) is 58.7 Å². The molecule has 1 rings (SSSR count). The third-order valence-corrected chi connectivity index (χ3v) is 4.23. The van der Waals surface area contributed by atoms with Gasteiger partial charge >= 0.3 is 0 Å². The zero-order chi connectivity index (χ0) is 14.3. The number of hydrogen-bond acceptors (Lipinski definition) is 3. The Morgan fingerprint density at radius 3 is 2.68 bits per heavy atom. The molecule has 0 saturated carbocycles. The Morgan fingerprint density at radius 1 is 1.42 bits per heavy atom. The third-order valence-electron chi connectivity index (χ3n) is 4.23. The summed E-state index contributed by atoms with van der Waals surface area (Å²) >= 11 is 0. The van der Waals surface area contributed by atoms with Crippen LogP contribution >= 0.6 is 0 Å². The molecular weight excluding hydrogens is 238 g/mol. The Hall–Kier alpha value is -0.610. The first-order chi connectivity index (χ1) is 9.08. The molecule has 3 unspecified atom stereocenters. The summed E-state index contributed by atoms with van der Waals surface area (Å²) in [5.41, 5.74) is 0. The first-order valence-corrected chi connectivity index (χ1v) is 7.83. The summed E-state index contributed by atoms with van der Waals surface area (Å²) < 4.78 is 0. The van der Waals surface area contributed by atoms with Gasteiger partial charge in [-0.1, -0.05) is 13.8 Å². The van der Waals surface area contributed by atoms with Crippen molar-refractivity contribution in [3.05, 3.63) is 0 Å². The van der Waals surface area contributed by atoms with Gasteiger partial charge in [-0.25, -0.2) is 0 Å². The van der Waals surface area contributed by atoms with Crippen molar-refractivity contribution >= 4 is 5.91 Å². The van der Waals surface area contributed by atoms with Crippen LogP contribution in [0, 0.1) is 5.92 Å². The summed E-state index contributed by atoms with van der Waals surface area (Å²) in [7, 11) is 0. The van der Waals surface area contributed by atoms with E-state index in [1.165, 1.54) is 12.8 Å². The van der Waals surface area contributed by atoms with E-state index in [0.717, 1.165) is 32.6 Å².